The fraction of sp³-hybridized carbons (Fsp3) is 0.381. The van der Waals surface area contributed by atoms with E-state index in [0.29, 0.717) is 19.5 Å². The predicted octanol–water partition coefficient (Wildman–Crippen LogP) is 2.85. The highest BCUT2D eigenvalue weighted by Gasteiger charge is 2.15. The quantitative estimate of drug-likeness (QED) is 0.712. The minimum Gasteiger partial charge on any atom is -0.497 e. The molecule has 0 aliphatic rings. The molecule has 0 aliphatic carbocycles. The van der Waals surface area contributed by atoms with E-state index in [2.05, 4.69) is 15.5 Å². The third kappa shape index (κ3) is 6.18. The van der Waals surface area contributed by atoms with Crippen molar-refractivity contribution >= 4 is 6.03 Å². The Morgan fingerprint density at radius 2 is 1.70 bits per heavy atom. The molecule has 0 saturated heterocycles. The molecule has 0 bridgehead atoms. The van der Waals surface area contributed by atoms with Crippen LogP contribution in [0.15, 0.2) is 48.5 Å². The number of carbonyl (C=O) groups excluding carboxylic acids is 1. The average Bonchev–Trinajstić information content (AvgIpc) is 2.68. The Kier molecular flexibility index (Phi) is 7.95. The first-order chi connectivity index (χ1) is 13.0. The van der Waals surface area contributed by atoms with Crippen molar-refractivity contribution in [3.8, 4) is 11.5 Å². The van der Waals surface area contributed by atoms with Crippen LogP contribution in [-0.2, 0) is 6.42 Å². The summed E-state index contributed by atoms with van der Waals surface area (Å²) in [6, 6.07) is 15.6. The summed E-state index contributed by atoms with van der Waals surface area (Å²) >= 11 is 0. The summed E-state index contributed by atoms with van der Waals surface area (Å²) in [5.41, 5.74) is 2.19. The largest absolute Gasteiger partial charge is 0.497 e. The Morgan fingerprint density at radius 3 is 2.33 bits per heavy atom. The SMILES string of the molecule is COc1ccc(C(CNC(=O)NCCc2ccccc2OC)N(C)C)cc1. The van der Waals surface area contributed by atoms with Gasteiger partial charge in [0.2, 0.25) is 0 Å². The van der Waals surface area contributed by atoms with Crippen molar-refractivity contribution in [2.24, 2.45) is 0 Å². The highest BCUT2D eigenvalue weighted by Crippen LogP contribution is 2.20. The minimum absolute atomic E-state index is 0.0795. The van der Waals surface area contributed by atoms with E-state index in [1.165, 1.54) is 0 Å². The topological polar surface area (TPSA) is 62.8 Å². The zero-order valence-corrected chi connectivity index (χ0v) is 16.5. The molecule has 2 N–H and O–H groups in total. The number of para-hydroxylation sites is 1. The van der Waals surface area contributed by atoms with E-state index < -0.39 is 0 Å². The summed E-state index contributed by atoms with van der Waals surface area (Å²) in [4.78, 5) is 14.2. The van der Waals surface area contributed by atoms with Gasteiger partial charge in [0.25, 0.3) is 0 Å². The Bertz CT molecular complexity index is 717. The lowest BCUT2D eigenvalue weighted by Crippen LogP contribution is -2.41. The lowest BCUT2D eigenvalue weighted by molar-refractivity contribution is 0.233. The van der Waals surface area contributed by atoms with E-state index in [-0.39, 0.29) is 12.1 Å². The molecule has 1 unspecified atom stereocenters. The molecule has 1 atom stereocenters. The van der Waals surface area contributed by atoms with Gasteiger partial charge in [-0.3, -0.25) is 0 Å². The molecule has 2 aromatic carbocycles. The maximum atomic E-state index is 12.2. The molecule has 2 amide bonds. The van der Waals surface area contributed by atoms with Gasteiger partial charge in [-0.15, -0.1) is 0 Å². The van der Waals surface area contributed by atoms with Gasteiger partial charge in [0, 0.05) is 13.1 Å². The average molecular weight is 371 g/mol. The number of ether oxygens (including phenoxy) is 2. The fourth-order valence-corrected chi connectivity index (χ4v) is 2.90. The highest BCUT2D eigenvalue weighted by atomic mass is 16.5. The van der Waals surface area contributed by atoms with Gasteiger partial charge >= 0.3 is 6.03 Å². The second-order valence-corrected chi connectivity index (χ2v) is 6.45. The predicted molar refractivity (Wildman–Crippen MR) is 108 cm³/mol. The van der Waals surface area contributed by atoms with Gasteiger partial charge in [0.1, 0.15) is 11.5 Å². The summed E-state index contributed by atoms with van der Waals surface area (Å²) in [7, 11) is 7.29. The molecule has 6 nitrogen and oxygen atoms in total. The first kappa shape index (κ1) is 20.6. The number of methoxy groups -OCH3 is 2. The van der Waals surface area contributed by atoms with Gasteiger partial charge in [-0.05, 0) is 49.8 Å². The molecule has 0 heterocycles. The highest BCUT2D eigenvalue weighted by molar-refractivity contribution is 5.73. The Morgan fingerprint density at radius 1 is 1.00 bits per heavy atom. The van der Waals surface area contributed by atoms with Crippen LogP contribution in [0.25, 0.3) is 0 Å². The molecule has 27 heavy (non-hydrogen) atoms. The van der Waals surface area contributed by atoms with E-state index in [0.717, 1.165) is 22.6 Å². The maximum Gasteiger partial charge on any atom is 0.314 e. The van der Waals surface area contributed by atoms with E-state index in [1.807, 2.05) is 62.6 Å². The van der Waals surface area contributed by atoms with Gasteiger partial charge in [-0.25, -0.2) is 4.79 Å². The lowest BCUT2D eigenvalue weighted by atomic mass is 10.1. The van der Waals surface area contributed by atoms with Crippen molar-refractivity contribution in [3.63, 3.8) is 0 Å². The van der Waals surface area contributed by atoms with Crippen molar-refractivity contribution < 1.29 is 14.3 Å². The molecule has 2 rings (SSSR count). The van der Waals surface area contributed by atoms with Crippen LogP contribution in [0.4, 0.5) is 4.79 Å². The van der Waals surface area contributed by atoms with Gasteiger partial charge < -0.3 is 25.0 Å². The first-order valence-electron chi connectivity index (χ1n) is 8.99. The molecule has 0 saturated carbocycles. The number of hydrogen-bond acceptors (Lipinski definition) is 4. The summed E-state index contributed by atoms with van der Waals surface area (Å²) in [6.45, 7) is 1.06. The van der Waals surface area contributed by atoms with Crippen LogP contribution in [0.1, 0.15) is 17.2 Å². The summed E-state index contributed by atoms with van der Waals surface area (Å²) < 4.78 is 10.5. The lowest BCUT2D eigenvalue weighted by Gasteiger charge is -2.25. The van der Waals surface area contributed by atoms with Crippen molar-refractivity contribution in [2.45, 2.75) is 12.5 Å². The maximum absolute atomic E-state index is 12.2. The second-order valence-electron chi connectivity index (χ2n) is 6.45. The third-order valence-corrected chi connectivity index (χ3v) is 4.45. The molecular formula is C21H29N3O3. The van der Waals surface area contributed by atoms with Gasteiger partial charge in [-0.2, -0.15) is 0 Å². The Balaban J connectivity index is 1.83. The Labute approximate surface area is 161 Å². The number of rotatable bonds is 9. The number of hydrogen-bond donors (Lipinski definition) is 2. The number of urea groups is 1. The van der Waals surface area contributed by atoms with Crippen molar-refractivity contribution in [1.29, 1.82) is 0 Å². The Hall–Kier alpha value is -2.73. The van der Waals surface area contributed by atoms with Crippen LogP contribution in [0.3, 0.4) is 0 Å². The molecule has 146 valence electrons. The smallest absolute Gasteiger partial charge is 0.314 e. The summed E-state index contributed by atoms with van der Waals surface area (Å²) in [6.07, 6.45) is 0.715. The van der Waals surface area contributed by atoms with Crippen LogP contribution >= 0.6 is 0 Å². The van der Waals surface area contributed by atoms with E-state index in [9.17, 15) is 4.79 Å². The van der Waals surface area contributed by atoms with E-state index in [1.54, 1.807) is 14.2 Å². The molecule has 2 aromatic rings. The number of nitrogens with one attached hydrogen (secondary N) is 2. The number of carbonyl (C=O) groups is 1. The van der Waals surface area contributed by atoms with Gasteiger partial charge in [0.05, 0.1) is 20.3 Å². The molecule has 6 heteroatoms. The van der Waals surface area contributed by atoms with Crippen LogP contribution in [0, 0.1) is 0 Å². The van der Waals surface area contributed by atoms with E-state index in [4.69, 9.17) is 9.47 Å². The number of nitrogens with zero attached hydrogens (tertiary/aromatic N) is 1. The number of amides is 2. The van der Waals surface area contributed by atoms with Crippen LogP contribution in [0.5, 0.6) is 11.5 Å². The molecule has 0 radical (unpaired) electrons. The molecular weight excluding hydrogens is 342 g/mol. The molecule has 0 aliphatic heterocycles. The summed E-state index contributed by atoms with van der Waals surface area (Å²) in [5, 5.41) is 5.85. The van der Waals surface area contributed by atoms with E-state index >= 15 is 0 Å². The van der Waals surface area contributed by atoms with Crippen molar-refractivity contribution in [1.82, 2.24) is 15.5 Å². The summed E-state index contributed by atoms with van der Waals surface area (Å²) in [5.74, 6) is 1.66. The third-order valence-electron chi connectivity index (χ3n) is 4.45. The van der Waals surface area contributed by atoms with Crippen molar-refractivity contribution in [3.05, 3.63) is 59.7 Å². The zero-order valence-electron chi connectivity index (χ0n) is 16.5. The van der Waals surface area contributed by atoms with Crippen LogP contribution < -0.4 is 20.1 Å². The monoisotopic (exact) mass is 371 g/mol. The van der Waals surface area contributed by atoms with Gasteiger partial charge in [0.15, 0.2) is 0 Å². The van der Waals surface area contributed by atoms with Crippen molar-refractivity contribution in [2.75, 3.05) is 41.4 Å². The molecule has 0 spiro atoms. The first-order valence-corrected chi connectivity index (χ1v) is 8.99. The standard InChI is InChI=1S/C21H29N3O3/c1-24(2)19(16-9-11-18(26-3)12-10-16)15-23-21(25)22-14-13-17-7-5-6-8-20(17)27-4/h5-12,19H,13-15H2,1-4H3,(H2,22,23,25). The number of benzene rings is 2. The van der Waals surface area contributed by atoms with Crippen LogP contribution in [-0.4, -0.2) is 52.3 Å². The molecule has 0 fully saturated rings. The number of likely N-dealkylation sites (N-methyl/N-ethyl adjacent to an activating group) is 1. The second kappa shape index (κ2) is 10.4. The molecule has 0 aromatic heterocycles. The fourth-order valence-electron chi connectivity index (χ4n) is 2.90. The zero-order chi connectivity index (χ0) is 19.6. The minimum atomic E-state index is -0.176. The van der Waals surface area contributed by atoms with Gasteiger partial charge in [-0.1, -0.05) is 30.3 Å². The normalized spacial score (nSPS) is 11.7. The van der Waals surface area contributed by atoms with Crippen LogP contribution in [0.2, 0.25) is 0 Å².